The Morgan fingerprint density at radius 3 is 2.43 bits per heavy atom. The second-order valence-electron chi connectivity index (χ2n) is 5.04. The SMILES string of the molecule is CCOC(=O)CC(C(F)(F)F)S(=O)(=O)N1CCCCC1C(=O)O. The molecule has 11 heteroatoms. The fourth-order valence-electron chi connectivity index (χ4n) is 2.38. The van der Waals surface area contributed by atoms with Crippen LogP contribution in [-0.4, -0.2) is 60.4 Å². The third-order valence-electron chi connectivity index (χ3n) is 3.45. The molecule has 23 heavy (non-hydrogen) atoms. The highest BCUT2D eigenvalue weighted by Crippen LogP contribution is 2.33. The van der Waals surface area contributed by atoms with Crippen LogP contribution in [-0.2, 0) is 24.3 Å². The smallest absolute Gasteiger partial charge is 0.407 e. The summed E-state index contributed by atoms with van der Waals surface area (Å²) in [6.45, 7) is 0.861. The number of carbonyl (C=O) groups excluding carboxylic acids is 1. The first kappa shape index (κ1) is 19.7. The van der Waals surface area contributed by atoms with E-state index in [1.165, 1.54) is 6.92 Å². The highest BCUT2D eigenvalue weighted by atomic mass is 32.2. The molecule has 0 aromatic heterocycles. The molecule has 0 aliphatic carbocycles. The summed E-state index contributed by atoms with van der Waals surface area (Å²) in [7, 11) is -5.06. The Morgan fingerprint density at radius 2 is 1.96 bits per heavy atom. The van der Waals surface area contributed by atoms with Crippen molar-refractivity contribution in [1.82, 2.24) is 4.31 Å². The second-order valence-corrected chi connectivity index (χ2v) is 7.11. The van der Waals surface area contributed by atoms with Gasteiger partial charge in [-0.1, -0.05) is 0 Å². The number of rotatable bonds is 6. The van der Waals surface area contributed by atoms with Gasteiger partial charge < -0.3 is 9.84 Å². The predicted octanol–water partition coefficient (Wildman–Crippen LogP) is 1.14. The largest absolute Gasteiger partial charge is 0.480 e. The van der Waals surface area contributed by atoms with Crippen LogP contribution in [0.25, 0.3) is 0 Å². The van der Waals surface area contributed by atoms with Gasteiger partial charge in [0.2, 0.25) is 10.0 Å². The molecule has 1 aliphatic heterocycles. The van der Waals surface area contributed by atoms with Gasteiger partial charge in [0.25, 0.3) is 0 Å². The van der Waals surface area contributed by atoms with Crippen molar-refractivity contribution in [2.45, 2.75) is 50.1 Å². The molecule has 0 radical (unpaired) electrons. The van der Waals surface area contributed by atoms with Crippen LogP contribution >= 0.6 is 0 Å². The Morgan fingerprint density at radius 1 is 1.35 bits per heavy atom. The molecule has 0 spiro atoms. The highest BCUT2D eigenvalue weighted by Gasteiger charge is 2.54. The van der Waals surface area contributed by atoms with Crippen LogP contribution in [0.4, 0.5) is 13.2 Å². The number of nitrogens with zero attached hydrogens (tertiary/aromatic N) is 1. The number of hydrogen-bond donors (Lipinski definition) is 1. The van der Waals surface area contributed by atoms with E-state index in [9.17, 15) is 31.2 Å². The molecule has 7 nitrogen and oxygen atoms in total. The Kier molecular flexibility index (Phi) is 6.40. The number of aliphatic carboxylic acids is 1. The van der Waals surface area contributed by atoms with Crippen molar-refractivity contribution in [2.75, 3.05) is 13.2 Å². The Hall–Kier alpha value is -1.36. The van der Waals surface area contributed by atoms with Crippen LogP contribution in [0.3, 0.4) is 0 Å². The van der Waals surface area contributed by atoms with Gasteiger partial charge in [-0.3, -0.25) is 9.59 Å². The standard InChI is InChI=1S/C12H18F3NO6S/c1-2-22-10(17)7-9(12(13,14)15)23(20,21)16-6-4-3-5-8(16)11(18)19/h8-9H,2-7H2,1H3,(H,18,19). The fourth-order valence-corrected chi connectivity index (χ4v) is 4.33. The number of carboxylic acids is 1. The predicted molar refractivity (Wildman–Crippen MR) is 72.0 cm³/mol. The number of alkyl halides is 3. The lowest BCUT2D eigenvalue weighted by Crippen LogP contribution is -2.54. The Labute approximate surface area is 131 Å². The summed E-state index contributed by atoms with van der Waals surface area (Å²) in [6.07, 6.45) is -6.03. The minimum atomic E-state index is -5.22. The second kappa shape index (κ2) is 7.47. The molecular weight excluding hydrogens is 343 g/mol. The summed E-state index contributed by atoms with van der Waals surface area (Å²) in [6, 6.07) is -1.55. The average molecular weight is 361 g/mol. The van der Waals surface area contributed by atoms with Gasteiger partial charge in [0.05, 0.1) is 13.0 Å². The minimum Gasteiger partial charge on any atom is -0.480 e. The van der Waals surface area contributed by atoms with E-state index in [2.05, 4.69) is 4.74 Å². The zero-order valence-electron chi connectivity index (χ0n) is 12.4. The minimum absolute atomic E-state index is 0.0709. The van der Waals surface area contributed by atoms with Gasteiger partial charge in [-0.05, 0) is 26.2 Å². The summed E-state index contributed by atoms with van der Waals surface area (Å²) in [5.74, 6) is -2.81. The zero-order chi connectivity index (χ0) is 17.8. The quantitative estimate of drug-likeness (QED) is 0.712. The molecular formula is C12H18F3NO6S. The summed E-state index contributed by atoms with van der Waals surface area (Å²) < 4.78 is 68.8. The van der Waals surface area contributed by atoms with Crippen LogP contribution in [0.5, 0.6) is 0 Å². The van der Waals surface area contributed by atoms with E-state index < -0.39 is 45.9 Å². The van der Waals surface area contributed by atoms with E-state index in [1.54, 1.807) is 0 Å². The maximum absolute atomic E-state index is 13.1. The first-order valence-corrected chi connectivity index (χ1v) is 8.48. The molecule has 1 saturated heterocycles. The summed E-state index contributed by atoms with van der Waals surface area (Å²) in [5, 5.41) is 6.02. The first-order valence-electron chi connectivity index (χ1n) is 6.97. The van der Waals surface area contributed by atoms with Crippen LogP contribution < -0.4 is 0 Å². The van der Waals surface area contributed by atoms with Gasteiger partial charge in [0.1, 0.15) is 6.04 Å². The molecule has 0 amide bonds. The highest BCUT2D eigenvalue weighted by molar-refractivity contribution is 7.89. The molecule has 0 saturated carbocycles. The third kappa shape index (κ3) is 4.80. The van der Waals surface area contributed by atoms with Crippen LogP contribution in [0, 0.1) is 0 Å². The maximum Gasteiger partial charge on any atom is 0.407 e. The van der Waals surface area contributed by atoms with Crippen molar-refractivity contribution in [1.29, 1.82) is 0 Å². The van der Waals surface area contributed by atoms with E-state index in [0.717, 1.165) is 0 Å². The molecule has 1 aliphatic rings. The number of ether oxygens (including phenoxy) is 1. The van der Waals surface area contributed by atoms with E-state index >= 15 is 0 Å². The number of hydrogen-bond acceptors (Lipinski definition) is 5. The number of sulfonamides is 1. The van der Waals surface area contributed by atoms with E-state index in [4.69, 9.17) is 5.11 Å². The fraction of sp³-hybridized carbons (Fsp3) is 0.833. The van der Waals surface area contributed by atoms with Crippen molar-refractivity contribution < 1.29 is 41.0 Å². The van der Waals surface area contributed by atoms with Crippen molar-refractivity contribution >= 4 is 22.0 Å². The topological polar surface area (TPSA) is 101 Å². The average Bonchev–Trinajstić information content (AvgIpc) is 2.43. The normalized spacial score (nSPS) is 21.7. The zero-order valence-corrected chi connectivity index (χ0v) is 13.2. The molecule has 1 N–H and O–H groups in total. The van der Waals surface area contributed by atoms with Crippen molar-refractivity contribution in [3.8, 4) is 0 Å². The van der Waals surface area contributed by atoms with Gasteiger partial charge in [0, 0.05) is 6.54 Å². The molecule has 2 atom stereocenters. The molecule has 1 fully saturated rings. The molecule has 134 valence electrons. The number of halogens is 3. The first-order chi connectivity index (χ1) is 10.5. The Bertz CT molecular complexity index is 547. The molecule has 0 aromatic carbocycles. The third-order valence-corrected chi connectivity index (χ3v) is 5.69. The van der Waals surface area contributed by atoms with Crippen LogP contribution in [0.2, 0.25) is 0 Å². The van der Waals surface area contributed by atoms with Crippen molar-refractivity contribution in [3.05, 3.63) is 0 Å². The number of carboxylic acid groups (broad SMARTS) is 1. The summed E-state index contributed by atoms with van der Waals surface area (Å²) >= 11 is 0. The van der Waals surface area contributed by atoms with Gasteiger partial charge in [-0.25, -0.2) is 8.42 Å². The van der Waals surface area contributed by atoms with E-state index in [0.29, 0.717) is 10.7 Å². The lowest BCUT2D eigenvalue weighted by atomic mass is 10.1. The van der Waals surface area contributed by atoms with Crippen LogP contribution in [0.15, 0.2) is 0 Å². The Balaban J connectivity index is 3.16. The maximum atomic E-state index is 13.1. The van der Waals surface area contributed by atoms with Gasteiger partial charge >= 0.3 is 18.1 Å². The van der Waals surface area contributed by atoms with Crippen LogP contribution in [0.1, 0.15) is 32.6 Å². The van der Waals surface area contributed by atoms with E-state index in [1.807, 2.05) is 0 Å². The molecule has 0 bridgehead atoms. The molecule has 2 unspecified atom stereocenters. The summed E-state index contributed by atoms with van der Waals surface area (Å²) in [4.78, 5) is 22.5. The lowest BCUT2D eigenvalue weighted by Gasteiger charge is -2.35. The molecule has 0 aromatic rings. The van der Waals surface area contributed by atoms with Gasteiger partial charge in [0.15, 0.2) is 5.25 Å². The monoisotopic (exact) mass is 361 g/mol. The van der Waals surface area contributed by atoms with Crippen molar-refractivity contribution in [2.24, 2.45) is 0 Å². The molecule has 1 rings (SSSR count). The lowest BCUT2D eigenvalue weighted by molar-refractivity contribution is -0.155. The summed E-state index contributed by atoms with van der Waals surface area (Å²) in [5.41, 5.74) is 0. The van der Waals surface area contributed by atoms with Crippen molar-refractivity contribution in [3.63, 3.8) is 0 Å². The van der Waals surface area contributed by atoms with Gasteiger partial charge in [-0.15, -0.1) is 0 Å². The van der Waals surface area contributed by atoms with Gasteiger partial charge in [-0.2, -0.15) is 17.5 Å². The molecule has 1 heterocycles. The number of esters is 1. The van der Waals surface area contributed by atoms with E-state index in [-0.39, 0.29) is 26.0 Å². The number of carbonyl (C=O) groups is 2. The number of piperidine rings is 1.